The van der Waals surface area contributed by atoms with E-state index in [9.17, 15) is 22.8 Å². The molecule has 158 valence electrons. The van der Waals surface area contributed by atoms with Gasteiger partial charge in [-0.1, -0.05) is 6.07 Å². The number of carbonyl (C=O) groups is 2. The molecule has 0 spiro atoms. The number of aliphatic carboxylic acids is 1. The zero-order valence-electron chi connectivity index (χ0n) is 15.7. The molecule has 0 aliphatic rings. The number of nitrogens with two attached hydrogens (primary N) is 1. The average Bonchev–Trinajstić information content (AvgIpc) is 3.04. The average molecular weight is 429 g/mol. The zero-order chi connectivity index (χ0) is 22.3. The molecule has 0 aliphatic carbocycles. The normalized spacial score (nSPS) is 11.2. The summed E-state index contributed by atoms with van der Waals surface area (Å²) in [5.41, 5.74) is 6.08. The van der Waals surface area contributed by atoms with Gasteiger partial charge in [-0.25, -0.2) is 18.0 Å². The van der Waals surface area contributed by atoms with Gasteiger partial charge in [-0.05, 0) is 18.2 Å². The van der Waals surface area contributed by atoms with Crippen LogP contribution in [0.3, 0.4) is 0 Å². The molecule has 2 aromatic heterocycles. The molecule has 0 aliphatic heterocycles. The van der Waals surface area contributed by atoms with Crippen molar-refractivity contribution in [3.05, 3.63) is 71.3 Å². The van der Waals surface area contributed by atoms with Gasteiger partial charge in [-0.3, -0.25) is 9.78 Å². The van der Waals surface area contributed by atoms with E-state index in [4.69, 9.17) is 15.6 Å². The van der Waals surface area contributed by atoms with Crippen LogP contribution in [0.2, 0.25) is 0 Å². The molecule has 31 heavy (non-hydrogen) atoms. The third kappa shape index (κ3) is 3.52. The van der Waals surface area contributed by atoms with Crippen LogP contribution in [0.15, 0.2) is 42.7 Å². The van der Waals surface area contributed by atoms with Gasteiger partial charge in [0, 0.05) is 22.6 Å². The number of hydrogen-bond acceptors (Lipinski definition) is 4. The molecule has 4 aromatic rings. The van der Waals surface area contributed by atoms with Gasteiger partial charge in [0.25, 0.3) is 0 Å². The minimum absolute atomic E-state index is 0.0586. The monoisotopic (exact) mass is 429 g/mol. The van der Waals surface area contributed by atoms with E-state index in [1.165, 1.54) is 23.0 Å². The van der Waals surface area contributed by atoms with Gasteiger partial charge in [-0.2, -0.15) is 0 Å². The number of benzene rings is 2. The summed E-state index contributed by atoms with van der Waals surface area (Å²) in [6.07, 6.45) is 2.66. The fourth-order valence-corrected chi connectivity index (χ4v) is 3.56. The molecular formula is C21H14F3N3O4. The molecule has 4 rings (SSSR count). The fraction of sp³-hybridized carbons (Fsp3) is 0.0952. The van der Waals surface area contributed by atoms with Gasteiger partial charge in [-0.15, -0.1) is 0 Å². The van der Waals surface area contributed by atoms with Gasteiger partial charge in [0.05, 0.1) is 35.4 Å². The highest BCUT2D eigenvalue weighted by atomic mass is 19.2. The van der Waals surface area contributed by atoms with Crippen molar-refractivity contribution in [2.45, 2.75) is 6.54 Å². The van der Waals surface area contributed by atoms with Crippen molar-refractivity contribution in [2.24, 2.45) is 5.73 Å². The van der Waals surface area contributed by atoms with Crippen LogP contribution >= 0.6 is 0 Å². The van der Waals surface area contributed by atoms with Crippen LogP contribution in [-0.4, -0.2) is 33.1 Å². The second-order valence-electron chi connectivity index (χ2n) is 6.72. The Bertz CT molecular complexity index is 1370. The summed E-state index contributed by atoms with van der Waals surface area (Å²) in [4.78, 5) is 27.0. The van der Waals surface area contributed by atoms with Crippen LogP contribution in [0.1, 0.15) is 15.9 Å². The number of primary amides is 1. The SMILES string of the molecule is NC(=O)c1cccc2c1c1c(OCC(=O)O)cncc1n2Cc1cc(F)cc(F)c1F. The Morgan fingerprint density at radius 3 is 2.58 bits per heavy atom. The maximum Gasteiger partial charge on any atom is 0.341 e. The summed E-state index contributed by atoms with van der Waals surface area (Å²) in [6.45, 7) is -0.970. The smallest absolute Gasteiger partial charge is 0.341 e. The van der Waals surface area contributed by atoms with Crippen LogP contribution in [-0.2, 0) is 11.3 Å². The lowest BCUT2D eigenvalue weighted by Gasteiger charge is -2.10. The van der Waals surface area contributed by atoms with Crippen molar-refractivity contribution in [3.8, 4) is 5.75 Å². The van der Waals surface area contributed by atoms with E-state index in [0.29, 0.717) is 27.9 Å². The minimum Gasteiger partial charge on any atom is -0.480 e. The van der Waals surface area contributed by atoms with Gasteiger partial charge < -0.3 is 20.1 Å². The minimum atomic E-state index is -1.34. The number of pyridine rings is 1. The molecule has 0 saturated heterocycles. The van der Waals surface area contributed by atoms with Crippen LogP contribution in [0, 0.1) is 17.5 Å². The molecule has 0 atom stereocenters. The van der Waals surface area contributed by atoms with Crippen LogP contribution < -0.4 is 10.5 Å². The molecule has 2 heterocycles. The Hall–Kier alpha value is -4.08. The predicted molar refractivity (Wildman–Crippen MR) is 104 cm³/mol. The van der Waals surface area contributed by atoms with Crippen molar-refractivity contribution >= 4 is 33.7 Å². The third-order valence-corrected chi connectivity index (χ3v) is 4.78. The first kappa shape index (κ1) is 20.2. The van der Waals surface area contributed by atoms with Crippen molar-refractivity contribution < 1.29 is 32.6 Å². The number of nitrogens with zero attached hydrogens (tertiary/aromatic N) is 2. The summed E-state index contributed by atoms with van der Waals surface area (Å²) in [5, 5.41) is 9.59. The molecule has 0 saturated carbocycles. The van der Waals surface area contributed by atoms with Crippen LogP contribution in [0.4, 0.5) is 13.2 Å². The van der Waals surface area contributed by atoms with E-state index in [-0.39, 0.29) is 23.4 Å². The number of halogens is 3. The third-order valence-electron chi connectivity index (χ3n) is 4.78. The maximum atomic E-state index is 14.3. The maximum absolute atomic E-state index is 14.3. The Labute approximate surface area is 172 Å². The van der Waals surface area contributed by atoms with Gasteiger partial charge in [0.15, 0.2) is 18.2 Å². The lowest BCUT2D eigenvalue weighted by molar-refractivity contribution is -0.139. The van der Waals surface area contributed by atoms with E-state index in [1.54, 1.807) is 12.1 Å². The first-order valence-corrected chi connectivity index (χ1v) is 8.94. The van der Waals surface area contributed by atoms with Gasteiger partial charge in [0.2, 0.25) is 5.91 Å². The highest BCUT2D eigenvalue weighted by molar-refractivity contribution is 6.19. The second-order valence-corrected chi connectivity index (χ2v) is 6.72. The quantitative estimate of drug-likeness (QED) is 0.458. The molecule has 1 amide bonds. The Morgan fingerprint density at radius 1 is 1.10 bits per heavy atom. The largest absolute Gasteiger partial charge is 0.480 e. The molecule has 0 unspecified atom stereocenters. The molecule has 7 nitrogen and oxygen atoms in total. The van der Waals surface area contributed by atoms with E-state index in [0.717, 1.165) is 6.07 Å². The Kier molecular flexibility index (Phi) is 4.97. The van der Waals surface area contributed by atoms with Crippen molar-refractivity contribution in [1.29, 1.82) is 0 Å². The number of aromatic nitrogens is 2. The zero-order valence-corrected chi connectivity index (χ0v) is 15.7. The van der Waals surface area contributed by atoms with Gasteiger partial charge in [0.1, 0.15) is 11.6 Å². The fourth-order valence-electron chi connectivity index (χ4n) is 3.56. The van der Waals surface area contributed by atoms with E-state index >= 15 is 0 Å². The molecule has 3 N–H and O–H groups in total. The molecule has 2 aromatic carbocycles. The predicted octanol–water partition coefficient (Wildman–Crippen LogP) is 3.22. The van der Waals surface area contributed by atoms with Gasteiger partial charge >= 0.3 is 5.97 Å². The Balaban J connectivity index is 2.04. The molecule has 0 bridgehead atoms. The lowest BCUT2D eigenvalue weighted by atomic mass is 10.1. The highest BCUT2D eigenvalue weighted by Crippen LogP contribution is 2.37. The first-order chi connectivity index (χ1) is 14.8. The molecule has 0 fully saturated rings. The summed E-state index contributed by atoms with van der Waals surface area (Å²) < 4.78 is 48.6. The van der Waals surface area contributed by atoms with E-state index < -0.39 is 35.9 Å². The van der Waals surface area contributed by atoms with E-state index in [1.807, 2.05) is 0 Å². The topological polar surface area (TPSA) is 107 Å². The summed E-state index contributed by atoms with van der Waals surface area (Å²) in [7, 11) is 0. The summed E-state index contributed by atoms with van der Waals surface area (Å²) in [5.74, 6) is -5.42. The number of carbonyl (C=O) groups excluding carboxylic acids is 1. The number of fused-ring (bicyclic) bond motifs is 3. The number of ether oxygens (including phenoxy) is 1. The first-order valence-electron chi connectivity index (χ1n) is 8.94. The summed E-state index contributed by atoms with van der Waals surface area (Å²) >= 11 is 0. The van der Waals surface area contributed by atoms with Crippen molar-refractivity contribution in [2.75, 3.05) is 6.61 Å². The number of rotatable bonds is 6. The standard InChI is InChI=1S/C21H14F3N3O4/c22-11-4-10(20(24)13(23)5-11)8-27-14-3-1-2-12(21(25)30)18(14)19-15(27)6-26-7-16(19)31-9-17(28)29/h1-7H,8-9H2,(H2,25,30)(H,28,29). The van der Waals surface area contributed by atoms with E-state index in [2.05, 4.69) is 4.98 Å². The van der Waals surface area contributed by atoms with Crippen LogP contribution in [0.25, 0.3) is 21.8 Å². The number of hydrogen-bond donors (Lipinski definition) is 2. The number of amides is 1. The second kappa shape index (κ2) is 7.63. The molecular weight excluding hydrogens is 415 g/mol. The summed E-state index contributed by atoms with van der Waals surface area (Å²) in [6, 6.07) is 5.93. The Morgan fingerprint density at radius 2 is 1.87 bits per heavy atom. The lowest BCUT2D eigenvalue weighted by Crippen LogP contribution is -2.11. The van der Waals surface area contributed by atoms with Crippen LogP contribution in [0.5, 0.6) is 5.75 Å². The number of carboxylic acids is 1. The van der Waals surface area contributed by atoms with Crippen molar-refractivity contribution in [3.63, 3.8) is 0 Å². The molecule has 10 heteroatoms. The molecule has 0 radical (unpaired) electrons. The number of carboxylic acid groups (broad SMARTS) is 1. The van der Waals surface area contributed by atoms with Crippen molar-refractivity contribution in [1.82, 2.24) is 9.55 Å². The highest BCUT2D eigenvalue weighted by Gasteiger charge is 2.22.